The lowest BCUT2D eigenvalue weighted by Crippen LogP contribution is -2.45. The highest BCUT2D eigenvalue weighted by atomic mass is 16.5. The number of methoxy groups -OCH3 is 1. The van der Waals surface area contributed by atoms with Crippen molar-refractivity contribution in [3.63, 3.8) is 0 Å². The molecule has 5 heteroatoms. The molecule has 0 saturated carbocycles. The number of amides is 2. The minimum absolute atomic E-state index is 0.263. The van der Waals surface area contributed by atoms with Gasteiger partial charge in [0.2, 0.25) is 5.91 Å². The Hall–Kier alpha value is -3.34. The monoisotopic (exact) mass is 348 g/mol. The minimum atomic E-state index is -0.828. The molecule has 0 heterocycles. The van der Waals surface area contributed by atoms with Crippen LogP contribution in [0.25, 0.3) is 10.8 Å². The number of fused-ring (bicyclic) bond motifs is 1. The zero-order chi connectivity index (χ0) is 18.5. The maximum absolute atomic E-state index is 12.6. The Bertz CT molecular complexity index is 953. The zero-order valence-corrected chi connectivity index (χ0v) is 14.4. The Kier molecular flexibility index (Phi) is 5.17. The van der Waals surface area contributed by atoms with Crippen LogP contribution in [-0.2, 0) is 11.2 Å². The number of nitrogens with two attached hydrogens (primary N) is 1. The van der Waals surface area contributed by atoms with Crippen molar-refractivity contribution in [1.82, 2.24) is 5.32 Å². The van der Waals surface area contributed by atoms with Crippen molar-refractivity contribution in [2.24, 2.45) is 5.73 Å². The molecule has 0 saturated heterocycles. The molecular weight excluding hydrogens is 328 g/mol. The molecule has 0 bridgehead atoms. The third-order valence-corrected chi connectivity index (χ3v) is 4.28. The number of hydrogen-bond acceptors (Lipinski definition) is 3. The maximum atomic E-state index is 12.6. The lowest BCUT2D eigenvalue weighted by Gasteiger charge is -2.17. The van der Waals surface area contributed by atoms with Crippen molar-refractivity contribution in [3.05, 3.63) is 77.9 Å². The van der Waals surface area contributed by atoms with Gasteiger partial charge in [-0.25, -0.2) is 0 Å². The molecule has 26 heavy (non-hydrogen) atoms. The molecule has 3 N–H and O–H groups in total. The average Bonchev–Trinajstić information content (AvgIpc) is 2.67. The van der Waals surface area contributed by atoms with Crippen LogP contribution in [0.2, 0.25) is 0 Å². The second-order valence-corrected chi connectivity index (χ2v) is 6.01. The summed E-state index contributed by atoms with van der Waals surface area (Å²) in [7, 11) is 1.56. The minimum Gasteiger partial charge on any atom is -0.496 e. The fourth-order valence-electron chi connectivity index (χ4n) is 2.89. The van der Waals surface area contributed by atoms with Gasteiger partial charge in [-0.1, -0.05) is 48.5 Å². The first kappa shape index (κ1) is 17.5. The summed E-state index contributed by atoms with van der Waals surface area (Å²) in [5.74, 6) is -0.279. The summed E-state index contributed by atoms with van der Waals surface area (Å²) in [5, 5.41) is 4.73. The van der Waals surface area contributed by atoms with Crippen LogP contribution in [-0.4, -0.2) is 25.0 Å². The van der Waals surface area contributed by atoms with Crippen LogP contribution in [0.4, 0.5) is 0 Å². The number of benzene rings is 3. The first-order valence-corrected chi connectivity index (χ1v) is 8.29. The van der Waals surface area contributed by atoms with Gasteiger partial charge in [0, 0.05) is 12.0 Å². The first-order chi connectivity index (χ1) is 12.6. The van der Waals surface area contributed by atoms with E-state index in [1.54, 1.807) is 25.3 Å². The maximum Gasteiger partial charge on any atom is 0.251 e. The van der Waals surface area contributed by atoms with Crippen molar-refractivity contribution in [2.75, 3.05) is 7.11 Å². The molecule has 0 aliphatic heterocycles. The predicted octanol–water partition coefficient (Wildman–Crippen LogP) is 2.67. The van der Waals surface area contributed by atoms with Gasteiger partial charge in [0.15, 0.2) is 0 Å². The van der Waals surface area contributed by atoms with Gasteiger partial charge in [0.25, 0.3) is 5.91 Å². The Morgan fingerprint density at radius 1 is 1.00 bits per heavy atom. The number of primary amides is 1. The van der Waals surface area contributed by atoms with Gasteiger partial charge in [-0.2, -0.15) is 0 Å². The third-order valence-electron chi connectivity index (χ3n) is 4.28. The van der Waals surface area contributed by atoms with Crippen molar-refractivity contribution in [2.45, 2.75) is 12.5 Å². The molecule has 0 spiro atoms. The Labute approximate surface area is 151 Å². The molecule has 0 fully saturated rings. The van der Waals surface area contributed by atoms with Crippen LogP contribution < -0.4 is 15.8 Å². The van der Waals surface area contributed by atoms with Gasteiger partial charge in [-0.3, -0.25) is 9.59 Å². The van der Waals surface area contributed by atoms with Crippen LogP contribution in [0.3, 0.4) is 0 Å². The molecule has 2 amide bonds. The predicted molar refractivity (Wildman–Crippen MR) is 101 cm³/mol. The highest BCUT2D eigenvalue weighted by Gasteiger charge is 2.21. The SMILES string of the molecule is COc1ccccc1C[C@@H](NC(=O)c1ccc2ccccc2c1)C(N)=O. The van der Waals surface area contributed by atoms with Crippen LogP contribution in [0.5, 0.6) is 5.75 Å². The van der Waals surface area contributed by atoms with Crippen LogP contribution in [0.15, 0.2) is 66.7 Å². The van der Waals surface area contributed by atoms with E-state index in [9.17, 15) is 9.59 Å². The summed E-state index contributed by atoms with van der Waals surface area (Å²) in [6, 6.07) is 19.7. The molecule has 3 aromatic rings. The highest BCUT2D eigenvalue weighted by molar-refractivity contribution is 6.00. The van der Waals surface area contributed by atoms with E-state index < -0.39 is 11.9 Å². The molecule has 1 atom stereocenters. The molecular formula is C21H20N2O3. The molecule has 0 radical (unpaired) electrons. The number of nitrogens with one attached hydrogen (secondary N) is 1. The Balaban J connectivity index is 1.80. The van der Waals surface area contributed by atoms with E-state index in [1.807, 2.05) is 48.5 Å². The lowest BCUT2D eigenvalue weighted by molar-refractivity contribution is -0.119. The Morgan fingerprint density at radius 3 is 2.42 bits per heavy atom. The molecule has 0 aliphatic rings. The average molecular weight is 348 g/mol. The number of carbonyl (C=O) groups excluding carboxylic acids is 2. The lowest BCUT2D eigenvalue weighted by atomic mass is 10.0. The molecule has 3 rings (SSSR count). The molecule has 0 unspecified atom stereocenters. The van der Waals surface area contributed by atoms with Gasteiger partial charge in [0.05, 0.1) is 7.11 Å². The quantitative estimate of drug-likeness (QED) is 0.718. The molecule has 3 aromatic carbocycles. The fraction of sp³-hybridized carbons (Fsp3) is 0.143. The highest BCUT2D eigenvalue weighted by Crippen LogP contribution is 2.19. The van der Waals surface area contributed by atoms with Crippen molar-refractivity contribution < 1.29 is 14.3 Å². The van der Waals surface area contributed by atoms with Crippen LogP contribution in [0, 0.1) is 0 Å². The first-order valence-electron chi connectivity index (χ1n) is 8.29. The van der Waals surface area contributed by atoms with E-state index in [1.165, 1.54) is 0 Å². The topological polar surface area (TPSA) is 81.4 Å². The molecule has 0 aliphatic carbocycles. The summed E-state index contributed by atoms with van der Waals surface area (Å²) in [4.78, 5) is 24.4. The van der Waals surface area contributed by atoms with Gasteiger partial charge in [0.1, 0.15) is 11.8 Å². The van der Waals surface area contributed by atoms with Crippen molar-refractivity contribution in [3.8, 4) is 5.75 Å². The van der Waals surface area contributed by atoms with Crippen molar-refractivity contribution >= 4 is 22.6 Å². The van der Waals surface area contributed by atoms with E-state index in [0.717, 1.165) is 16.3 Å². The smallest absolute Gasteiger partial charge is 0.251 e. The van der Waals surface area contributed by atoms with E-state index in [0.29, 0.717) is 11.3 Å². The molecule has 0 aromatic heterocycles. The second kappa shape index (κ2) is 7.70. The summed E-state index contributed by atoms with van der Waals surface area (Å²) < 4.78 is 5.30. The summed E-state index contributed by atoms with van der Waals surface area (Å²) in [6.07, 6.45) is 0.263. The van der Waals surface area contributed by atoms with Gasteiger partial charge in [-0.15, -0.1) is 0 Å². The fourth-order valence-corrected chi connectivity index (χ4v) is 2.89. The standard InChI is InChI=1S/C21H20N2O3/c1-26-19-9-5-4-8-16(19)13-18(20(22)24)23-21(25)17-11-10-14-6-2-3-7-15(14)12-17/h2-12,18H,13H2,1H3,(H2,22,24)(H,23,25)/t18-/m1/s1. The van der Waals surface area contributed by atoms with E-state index in [2.05, 4.69) is 5.32 Å². The van der Waals surface area contributed by atoms with Gasteiger partial charge >= 0.3 is 0 Å². The number of hydrogen-bond donors (Lipinski definition) is 2. The summed E-state index contributed by atoms with van der Waals surface area (Å²) in [5.41, 5.74) is 6.78. The van der Waals surface area contributed by atoms with E-state index >= 15 is 0 Å². The van der Waals surface area contributed by atoms with Gasteiger partial charge < -0.3 is 15.8 Å². The van der Waals surface area contributed by atoms with Gasteiger partial charge in [-0.05, 0) is 34.5 Å². The zero-order valence-electron chi connectivity index (χ0n) is 14.4. The molecule has 132 valence electrons. The number of carbonyl (C=O) groups is 2. The van der Waals surface area contributed by atoms with Crippen molar-refractivity contribution in [1.29, 1.82) is 0 Å². The number of para-hydroxylation sites is 1. The third kappa shape index (κ3) is 3.83. The second-order valence-electron chi connectivity index (χ2n) is 6.01. The summed E-state index contributed by atoms with van der Waals surface area (Å²) >= 11 is 0. The largest absolute Gasteiger partial charge is 0.496 e. The number of ether oxygens (including phenoxy) is 1. The van der Waals surface area contributed by atoms with E-state index in [-0.39, 0.29) is 12.3 Å². The van der Waals surface area contributed by atoms with Crippen LogP contribution in [0.1, 0.15) is 15.9 Å². The normalized spacial score (nSPS) is 11.7. The number of rotatable bonds is 6. The van der Waals surface area contributed by atoms with Crippen LogP contribution >= 0.6 is 0 Å². The summed E-state index contributed by atoms with van der Waals surface area (Å²) in [6.45, 7) is 0. The van der Waals surface area contributed by atoms with E-state index in [4.69, 9.17) is 10.5 Å². The Morgan fingerprint density at radius 2 is 1.69 bits per heavy atom. The molecule has 5 nitrogen and oxygen atoms in total.